The Morgan fingerprint density at radius 3 is 0.792 bits per heavy atom. The third-order valence-electron chi connectivity index (χ3n) is 15.6. The molecule has 0 aliphatic carbocycles. The standard InChI is InChI=1S/C66H128O6/c1-6-8-9-10-11-12-13-14-15-16-20-23-26-31-36-41-46-51-56-64(67)70-59-63(60-71-65(68)57-52-47-42-37-33-28-29-34-39-44-49-54-61(3)4)72-66(69)58-53-48-43-38-32-27-24-21-18-17-19-22-25-30-35-40-45-50-55-62(5)7-2/h61-63H,6-60H2,1-5H3/t62?,63-/m1/s1. The minimum Gasteiger partial charge on any atom is -0.462 e. The van der Waals surface area contributed by atoms with Gasteiger partial charge in [-0.3, -0.25) is 14.4 Å². The maximum Gasteiger partial charge on any atom is 0.306 e. The molecular weight excluding hydrogens is 889 g/mol. The van der Waals surface area contributed by atoms with Crippen molar-refractivity contribution in [3.8, 4) is 0 Å². The first-order valence-electron chi connectivity index (χ1n) is 32.8. The second-order valence-corrected chi connectivity index (χ2v) is 23.5. The molecular formula is C66H128O6. The third kappa shape index (κ3) is 57.7. The Morgan fingerprint density at radius 1 is 0.292 bits per heavy atom. The summed E-state index contributed by atoms with van der Waals surface area (Å²) < 4.78 is 17.0. The first-order chi connectivity index (χ1) is 35.3. The van der Waals surface area contributed by atoms with Crippen molar-refractivity contribution in [2.75, 3.05) is 13.2 Å². The van der Waals surface area contributed by atoms with Crippen LogP contribution in [-0.4, -0.2) is 37.2 Å². The van der Waals surface area contributed by atoms with E-state index in [9.17, 15) is 14.4 Å². The van der Waals surface area contributed by atoms with E-state index in [1.807, 2.05) is 0 Å². The van der Waals surface area contributed by atoms with Gasteiger partial charge in [-0.1, -0.05) is 336 Å². The molecule has 0 rings (SSSR count). The molecule has 1 unspecified atom stereocenters. The predicted molar refractivity (Wildman–Crippen MR) is 312 cm³/mol. The predicted octanol–water partition coefficient (Wildman–Crippen LogP) is 22.0. The fourth-order valence-electron chi connectivity index (χ4n) is 10.3. The molecule has 428 valence electrons. The Morgan fingerprint density at radius 2 is 0.528 bits per heavy atom. The van der Waals surface area contributed by atoms with Gasteiger partial charge in [0.2, 0.25) is 0 Å². The average molecular weight is 1020 g/mol. The lowest BCUT2D eigenvalue weighted by molar-refractivity contribution is -0.167. The van der Waals surface area contributed by atoms with E-state index in [4.69, 9.17) is 14.2 Å². The maximum absolute atomic E-state index is 12.9. The summed E-state index contributed by atoms with van der Waals surface area (Å²) in [6, 6.07) is 0. The summed E-state index contributed by atoms with van der Waals surface area (Å²) >= 11 is 0. The molecule has 0 aliphatic rings. The molecule has 0 aromatic carbocycles. The second-order valence-electron chi connectivity index (χ2n) is 23.5. The molecule has 0 aliphatic heterocycles. The monoisotopic (exact) mass is 1020 g/mol. The molecule has 2 atom stereocenters. The van der Waals surface area contributed by atoms with Gasteiger partial charge in [-0.2, -0.15) is 0 Å². The van der Waals surface area contributed by atoms with Gasteiger partial charge in [0.1, 0.15) is 13.2 Å². The summed E-state index contributed by atoms with van der Waals surface area (Å²) in [6.45, 7) is 11.5. The van der Waals surface area contributed by atoms with Gasteiger partial charge in [-0.25, -0.2) is 0 Å². The van der Waals surface area contributed by atoms with Crippen LogP contribution in [0.25, 0.3) is 0 Å². The van der Waals surface area contributed by atoms with Crippen molar-refractivity contribution < 1.29 is 28.6 Å². The summed E-state index contributed by atoms with van der Waals surface area (Å²) in [6.07, 6.45) is 65.3. The van der Waals surface area contributed by atoms with Gasteiger partial charge in [0, 0.05) is 19.3 Å². The topological polar surface area (TPSA) is 78.9 Å². The lowest BCUT2D eigenvalue weighted by Crippen LogP contribution is -2.30. The number of rotatable bonds is 60. The molecule has 0 amide bonds. The van der Waals surface area contributed by atoms with Crippen LogP contribution >= 0.6 is 0 Å². The van der Waals surface area contributed by atoms with Crippen LogP contribution in [0.1, 0.15) is 375 Å². The number of hydrogen-bond acceptors (Lipinski definition) is 6. The molecule has 0 aromatic heterocycles. The summed E-state index contributed by atoms with van der Waals surface area (Å²) in [5, 5.41) is 0. The molecule has 72 heavy (non-hydrogen) atoms. The van der Waals surface area contributed by atoms with E-state index in [0.29, 0.717) is 19.3 Å². The smallest absolute Gasteiger partial charge is 0.306 e. The average Bonchev–Trinajstić information content (AvgIpc) is 3.37. The van der Waals surface area contributed by atoms with Crippen LogP contribution in [0.15, 0.2) is 0 Å². The molecule has 0 fully saturated rings. The zero-order chi connectivity index (χ0) is 52.5. The summed E-state index contributed by atoms with van der Waals surface area (Å²) in [4.78, 5) is 38.3. The highest BCUT2D eigenvalue weighted by molar-refractivity contribution is 5.71. The van der Waals surface area contributed by atoms with Crippen molar-refractivity contribution in [2.24, 2.45) is 11.8 Å². The van der Waals surface area contributed by atoms with Crippen LogP contribution in [0.3, 0.4) is 0 Å². The molecule has 6 heteroatoms. The molecule has 6 nitrogen and oxygen atoms in total. The summed E-state index contributed by atoms with van der Waals surface area (Å²) in [5.74, 6) is 0.905. The summed E-state index contributed by atoms with van der Waals surface area (Å²) in [5.41, 5.74) is 0. The Bertz CT molecular complexity index is 1110. The van der Waals surface area contributed by atoms with Crippen molar-refractivity contribution in [2.45, 2.75) is 381 Å². The van der Waals surface area contributed by atoms with Crippen LogP contribution < -0.4 is 0 Å². The van der Waals surface area contributed by atoms with Gasteiger partial charge in [0.05, 0.1) is 0 Å². The lowest BCUT2D eigenvalue weighted by atomic mass is 9.99. The van der Waals surface area contributed by atoms with Crippen molar-refractivity contribution in [3.63, 3.8) is 0 Å². The number of carbonyl (C=O) groups excluding carboxylic acids is 3. The second kappa shape index (κ2) is 58.7. The fraction of sp³-hybridized carbons (Fsp3) is 0.955. The quantitative estimate of drug-likeness (QED) is 0.0343. The van der Waals surface area contributed by atoms with Crippen LogP contribution in [0.4, 0.5) is 0 Å². The Kier molecular flexibility index (Phi) is 57.4. The summed E-state index contributed by atoms with van der Waals surface area (Å²) in [7, 11) is 0. The van der Waals surface area contributed by atoms with Crippen LogP contribution in [0.2, 0.25) is 0 Å². The lowest BCUT2D eigenvalue weighted by Gasteiger charge is -2.18. The number of hydrogen-bond donors (Lipinski definition) is 0. The van der Waals surface area contributed by atoms with Crippen molar-refractivity contribution in [1.82, 2.24) is 0 Å². The van der Waals surface area contributed by atoms with Gasteiger partial charge >= 0.3 is 17.9 Å². The number of unbranched alkanes of at least 4 members (excludes halogenated alkanes) is 44. The molecule has 0 heterocycles. The molecule has 0 spiro atoms. The van der Waals surface area contributed by atoms with E-state index >= 15 is 0 Å². The highest BCUT2D eigenvalue weighted by Gasteiger charge is 2.19. The highest BCUT2D eigenvalue weighted by atomic mass is 16.6. The first-order valence-corrected chi connectivity index (χ1v) is 32.8. The Hall–Kier alpha value is -1.59. The van der Waals surface area contributed by atoms with Crippen molar-refractivity contribution in [3.05, 3.63) is 0 Å². The first kappa shape index (κ1) is 70.4. The Balaban J connectivity index is 4.26. The van der Waals surface area contributed by atoms with Crippen molar-refractivity contribution in [1.29, 1.82) is 0 Å². The van der Waals surface area contributed by atoms with E-state index in [-0.39, 0.29) is 31.1 Å². The molecule has 0 saturated carbocycles. The van der Waals surface area contributed by atoms with Gasteiger partial charge in [-0.15, -0.1) is 0 Å². The SMILES string of the molecule is CCCCCCCCCCCCCCCCCCCCC(=O)OC[C@H](COC(=O)CCCCCCCCCCCCCC(C)C)OC(=O)CCCCCCCCCCCCCCCCCCCCC(C)CC. The molecule has 0 saturated heterocycles. The van der Waals surface area contributed by atoms with Gasteiger partial charge < -0.3 is 14.2 Å². The van der Waals surface area contributed by atoms with Crippen LogP contribution in [0.5, 0.6) is 0 Å². The molecule has 0 aromatic rings. The molecule has 0 radical (unpaired) electrons. The normalized spacial score (nSPS) is 12.4. The third-order valence-corrected chi connectivity index (χ3v) is 15.6. The Labute approximate surface area is 450 Å². The van der Waals surface area contributed by atoms with E-state index in [2.05, 4.69) is 34.6 Å². The van der Waals surface area contributed by atoms with Gasteiger partial charge in [0.25, 0.3) is 0 Å². The fourth-order valence-corrected chi connectivity index (χ4v) is 10.3. The van der Waals surface area contributed by atoms with Crippen LogP contribution in [0, 0.1) is 11.8 Å². The van der Waals surface area contributed by atoms with E-state index in [0.717, 1.165) is 69.6 Å². The zero-order valence-corrected chi connectivity index (χ0v) is 49.6. The number of esters is 3. The number of ether oxygens (including phenoxy) is 3. The van der Waals surface area contributed by atoms with Crippen LogP contribution in [-0.2, 0) is 28.6 Å². The minimum atomic E-state index is -0.764. The highest BCUT2D eigenvalue weighted by Crippen LogP contribution is 2.19. The van der Waals surface area contributed by atoms with E-state index in [1.54, 1.807) is 0 Å². The van der Waals surface area contributed by atoms with E-state index < -0.39 is 6.10 Å². The maximum atomic E-state index is 12.9. The van der Waals surface area contributed by atoms with E-state index in [1.165, 1.54) is 263 Å². The van der Waals surface area contributed by atoms with Gasteiger partial charge in [0.15, 0.2) is 6.10 Å². The minimum absolute atomic E-state index is 0.0618. The van der Waals surface area contributed by atoms with Gasteiger partial charge in [-0.05, 0) is 31.1 Å². The molecule has 0 bridgehead atoms. The zero-order valence-electron chi connectivity index (χ0n) is 49.6. The molecule has 0 N–H and O–H groups in total. The van der Waals surface area contributed by atoms with Crippen molar-refractivity contribution >= 4 is 17.9 Å². The number of carbonyl (C=O) groups is 3. The largest absolute Gasteiger partial charge is 0.462 e.